The molecule has 20 heavy (non-hydrogen) atoms. The molecular formula is C15H22ClFN2O. The van der Waals surface area contributed by atoms with E-state index in [1.54, 1.807) is 0 Å². The van der Waals surface area contributed by atoms with Crippen molar-refractivity contribution < 1.29 is 9.18 Å². The second kappa shape index (κ2) is 8.22. The maximum absolute atomic E-state index is 13.0. The zero-order valence-electron chi connectivity index (χ0n) is 12.0. The third-order valence-electron chi connectivity index (χ3n) is 3.43. The molecule has 3 N–H and O–H groups in total. The molecule has 1 amide bonds. The molecule has 0 aromatic heterocycles. The minimum Gasteiger partial charge on any atom is -0.330 e. The van der Waals surface area contributed by atoms with Crippen LogP contribution >= 0.6 is 11.6 Å². The van der Waals surface area contributed by atoms with E-state index in [-0.39, 0.29) is 10.9 Å². The fraction of sp³-hybridized carbons (Fsp3) is 0.533. The molecule has 1 aromatic rings. The van der Waals surface area contributed by atoms with Crippen LogP contribution in [0.3, 0.4) is 0 Å². The second-order valence-electron chi connectivity index (χ2n) is 5.30. The topological polar surface area (TPSA) is 55.1 Å². The van der Waals surface area contributed by atoms with Gasteiger partial charge in [0.1, 0.15) is 5.82 Å². The van der Waals surface area contributed by atoms with E-state index in [0.29, 0.717) is 30.5 Å². The molecule has 5 heteroatoms. The SMILES string of the molecule is CC(C)C(CCN)CCC(=O)Nc1ccc(F)c(Cl)c1. The first kappa shape index (κ1) is 16.9. The number of nitrogens with two attached hydrogens (primary N) is 1. The van der Waals surface area contributed by atoms with Crippen LogP contribution in [-0.2, 0) is 4.79 Å². The van der Waals surface area contributed by atoms with Gasteiger partial charge in [-0.3, -0.25) is 4.79 Å². The van der Waals surface area contributed by atoms with E-state index >= 15 is 0 Å². The highest BCUT2D eigenvalue weighted by molar-refractivity contribution is 6.31. The molecule has 0 heterocycles. The molecule has 0 saturated heterocycles. The molecule has 0 radical (unpaired) electrons. The van der Waals surface area contributed by atoms with Gasteiger partial charge in [-0.1, -0.05) is 25.4 Å². The van der Waals surface area contributed by atoms with Gasteiger partial charge in [-0.05, 0) is 49.4 Å². The summed E-state index contributed by atoms with van der Waals surface area (Å²) < 4.78 is 13.0. The minimum atomic E-state index is -0.493. The van der Waals surface area contributed by atoms with E-state index in [1.165, 1.54) is 18.2 Å². The van der Waals surface area contributed by atoms with Crippen LogP contribution in [0.5, 0.6) is 0 Å². The second-order valence-corrected chi connectivity index (χ2v) is 5.70. The highest BCUT2D eigenvalue weighted by Crippen LogP contribution is 2.22. The van der Waals surface area contributed by atoms with Crippen molar-refractivity contribution in [3.8, 4) is 0 Å². The van der Waals surface area contributed by atoms with Crippen molar-refractivity contribution in [3.63, 3.8) is 0 Å². The molecule has 112 valence electrons. The Hall–Kier alpha value is -1.13. The molecule has 0 aliphatic rings. The predicted octanol–water partition coefficient (Wildman–Crippen LogP) is 3.82. The van der Waals surface area contributed by atoms with Crippen LogP contribution in [-0.4, -0.2) is 12.5 Å². The van der Waals surface area contributed by atoms with Crippen LogP contribution in [0.1, 0.15) is 33.1 Å². The van der Waals surface area contributed by atoms with E-state index in [2.05, 4.69) is 19.2 Å². The number of carbonyl (C=O) groups is 1. The summed E-state index contributed by atoms with van der Waals surface area (Å²) in [6.45, 7) is 4.91. The summed E-state index contributed by atoms with van der Waals surface area (Å²) >= 11 is 5.67. The van der Waals surface area contributed by atoms with Gasteiger partial charge in [0, 0.05) is 12.1 Å². The molecule has 3 nitrogen and oxygen atoms in total. The zero-order chi connectivity index (χ0) is 15.1. The Morgan fingerprint density at radius 2 is 2.10 bits per heavy atom. The number of amides is 1. The summed E-state index contributed by atoms with van der Waals surface area (Å²) in [4.78, 5) is 11.9. The van der Waals surface area contributed by atoms with Gasteiger partial charge in [0.2, 0.25) is 5.91 Å². The monoisotopic (exact) mass is 300 g/mol. The minimum absolute atomic E-state index is 0.00555. The highest BCUT2D eigenvalue weighted by atomic mass is 35.5. The standard InChI is InChI=1S/C15H22ClFN2O/c1-10(2)11(7-8-18)3-6-15(20)19-12-4-5-14(17)13(16)9-12/h4-5,9-11H,3,6-8,18H2,1-2H3,(H,19,20). The van der Waals surface area contributed by atoms with Crippen molar-refractivity contribution in [1.29, 1.82) is 0 Å². The van der Waals surface area contributed by atoms with Crippen molar-refractivity contribution in [2.45, 2.75) is 33.1 Å². The van der Waals surface area contributed by atoms with Crippen LogP contribution in [0.4, 0.5) is 10.1 Å². The molecule has 1 rings (SSSR count). The molecule has 0 fully saturated rings. The molecular weight excluding hydrogens is 279 g/mol. The zero-order valence-corrected chi connectivity index (χ0v) is 12.7. The molecule has 0 spiro atoms. The van der Waals surface area contributed by atoms with Gasteiger partial charge in [0.15, 0.2) is 0 Å². The summed E-state index contributed by atoms with van der Waals surface area (Å²) in [7, 11) is 0. The Bertz CT molecular complexity index is 451. The average molecular weight is 301 g/mol. The van der Waals surface area contributed by atoms with E-state index in [4.69, 9.17) is 17.3 Å². The van der Waals surface area contributed by atoms with Gasteiger partial charge in [0.25, 0.3) is 0 Å². The Kier molecular flexibility index (Phi) is 6.96. The summed E-state index contributed by atoms with van der Waals surface area (Å²) in [6.07, 6.45) is 2.15. The van der Waals surface area contributed by atoms with Gasteiger partial charge >= 0.3 is 0 Å². The molecule has 0 saturated carbocycles. The number of carbonyl (C=O) groups excluding carboxylic acids is 1. The summed E-state index contributed by atoms with van der Waals surface area (Å²) in [5.74, 6) is 0.372. The summed E-state index contributed by atoms with van der Waals surface area (Å²) in [5.41, 5.74) is 6.09. The Balaban J connectivity index is 2.48. The average Bonchev–Trinajstić information content (AvgIpc) is 2.38. The maximum atomic E-state index is 13.0. The van der Waals surface area contributed by atoms with Crippen LogP contribution < -0.4 is 11.1 Å². The van der Waals surface area contributed by atoms with E-state index in [9.17, 15) is 9.18 Å². The molecule has 0 aliphatic carbocycles. The fourth-order valence-corrected chi connectivity index (χ4v) is 2.32. The Morgan fingerprint density at radius 3 is 2.65 bits per heavy atom. The van der Waals surface area contributed by atoms with Gasteiger partial charge in [0.05, 0.1) is 5.02 Å². The summed E-state index contributed by atoms with van der Waals surface area (Å²) in [6, 6.07) is 4.15. The largest absolute Gasteiger partial charge is 0.330 e. The predicted molar refractivity (Wildman–Crippen MR) is 81.3 cm³/mol. The van der Waals surface area contributed by atoms with Crippen molar-refractivity contribution >= 4 is 23.2 Å². The van der Waals surface area contributed by atoms with Crippen LogP contribution in [0.2, 0.25) is 5.02 Å². The fourth-order valence-electron chi connectivity index (χ4n) is 2.14. The number of anilines is 1. The normalized spacial score (nSPS) is 12.5. The Labute approximate surface area is 124 Å². The summed E-state index contributed by atoms with van der Waals surface area (Å²) in [5, 5.41) is 2.73. The first-order chi connectivity index (χ1) is 9.43. The number of nitrogens with one attached hydrogen (secondary N) is 1. The number of benzene rings is 1. The third-order valence-corrected chi connectivity index (χ3v) is 3.72. The lowest BCUT2D eigenvalue weighted by Gasteiger charge is -2.19. The Morgan fingerprint density at radius 1 is 1.40 bits per heavy atom. The first-order valence-electron chi connectivity index (χ1n) is 6.89. The van der Waals surface area contributed by atoms with E-state index in [0.717, 1.165) is 12.8 Å². The first-order valence-corrected chi connectivity index (χ1v) is 7.26. The van der Waals surface area contributed by atoms with Crippen molar-refractivity contribution in [3.05, 3.63) is 29.0 Å². The van der Waals surface area contributed by atoms with Crippen molar-refractivity contribution in [2.24, 2.45) is 17.6 Å². The van der Waals surface area contributed by atoms with Crippen molar-refractivity contribution in [1.82, 2.24) is 0 Å². The van der Waals surface area contributed by atoms with E-state index < -0.39 is 5.82 Å². The smallest absolute Gasteiger partial charge is 0.224 e. The lowest BCUT2D eigenvalue weighted by Crippen LogP contribution is -2.18. The molecule has 0 aliphatic heterocycles. The maximum Gasteiger partial charge on any atom is 0.224 e. The number of hydrogen-bond acceptors (Lipinski definition) is 2. The van der Waals surface area contributed by atoms with Crippen molar-refractivity contribution in [2.75, 3.05) is 11.9 Å². The number of halogens is 2. The quantitative estimate of drug-likeness (QED) is 0.804. The van der Waals surface area contributed by atoms with Gasteiger partial charge in [-0.25, -0.2) is 4.39 Å². The lowest BCUT2D eigenvalue weighted by molar-refractivity contribution is -0.116. The molecule has 1 atom stereocenters. The van der Waals surface area contributed by atoms with Gasteiger partial charge < -0.3 is 11.1 Å². The molecule has 0 bridgehead atoms. The number of rotatable bonds is 7. The third kappa shape index (κ3) is 5.47. The van der Waals surface area contributed by atoms with Crippen LogP contribution in [0.15, 0.2) is 18.2 Å². The van der Waals surface area contributed by atoms with E-state index in [1.807, 2.05) is 0 Å². The van der Waals surface area contributed by atoms with Gasteiger partial charge in [-0.15, -0.1) is 0 Å². The van der Waals surface area contributed by atoms with Crippen LogP contribution in [0, 0.1) is 17.7 Å². The molecule has 1 unspecified atom stereocenters. The van der Waals surface area contributed by atoms with Crippen LogP contribution in [0.25, 0.3) is 0 Å². The van der Waals surface area contributed by atoms with Gasteiger partial charge in [-0.2, -0.15) is 0 Å². The highest BCUT2D eigenvalue weighted by Gasteiger charge is 2.14. The number of hydrogen-bond donors (Lipinski definition) is 2. The lowest BCUT2D eigenvalue weighted by atomic mass is 9.88. The molecule has 1 aromatic carbocycles.